The first-order chi connectivity index (χ1) is 16.4. The van der Waals surface area contributed by atoms with Crippen molar-refractivity contribution in [2.75, 3.05) is 39.1 Å². The van der Waals surface area contributed by atoms with E-state index in [4.69, 9.17) is 25.9 Å². The zero-order valence-electron chi connectivity index (χ0n) is 19.8. The molecule has 1 fully saturated rings. The number of primary amides is 1. The lowest BCUT2D eigenvalue weighted by molar-refractivity contribution is 0.100. The van der Waals surface area contributed by atoms with Crippen LogP contribution in [0, 0.1) is 6.92 Å². The molecule has 2 heterocycles. The largest absolute Gasteiger partial charge is 0.493 e. The highest BCUT2D eigenvalue weighted by atomic mass is 16.5. The van der Waals surface area contributed by atoms with Crippen LogP contribution in [0.5, 0.6) is 11.5 Å². The number of aliphatic hydroxyl groups is 1. The zero-order valence-corrected chi connectivity index (χ0v) is 19.8. The third-order valence-corrected chi connectivity index (χ3v) is 6.53. The van der Waals surface area contributed by atoms with Gasteiger partial charge in [0.15, 0.2) is 11.5 Å². The molecule has 0 radical (unpaired) electrons. The molecule has 1 aromatic heterocycles. The van der Waals surface area contributed by atoms with E-state index in [9.17, 15) is 9.90 Å². The Labute approximate surface area is 199 Å². The van der Waals surface area contributed by atoms with Crippen molar-refractivity contribution in [3.63, 3.8) is 0 Å². The van der Waals surface area contributed by atoms with E-state index in [1.54, 1.807) is 31.4 Å². The second-order valence-electron chi connectivity index (χ2n) is 8.66. The smallest absolute Gasteiger partial charge is 0.250 e. The Morgan fingerprint density at radius 1 is 1.15 bits per heavy atom. The van der Waals surface area contributed by atoms with Gasteiger partial charge in [0.05, 0.1) is 30.5 Å². The highest BCUT2D eigenvalue weighted by Crippen LogP contribution is 2.36. The van der Waals surface area contributed by atoms with Gasteiger partial charge in [0, 0.05) is 29.2 Å². The molecule has 0 spiro atoms. The van der Waals surface area contributed by atoms with Crippen molar-refractivity contribution in [1.29, 1.82) is 0 Å². The maximum Gasteiger partial charge on any atom is 0.250 e. The highest BCUT2D eigenvalue weighted by Gasteiger charge is 2.20. The minimum atomic E-state index is -0.605. The fraction of sp³-hybridized carbons (Fsp3) is 0.385. The lowest BCUT2D eigenvalue weighted by Gasteiger charge is -2.26. The number of hydrogen-bond donors (Lipinski definition) is 3. The summed E-state index contributed by atoms with van der Waals surface area (Å²) in [6.45, 7) is 5.19. The summed E-state index contributed by atoms with van der Waals surface area (Å²) in [5.74, 6) is 0.551. The summed E-state index contributed by atoms with van der Waals surface area (Å²) in [6.07, 6.45) is 3.76. The monoisotopic (exact) mass is 464 g/mol. The van der Waals surface area contributed by atoms with E-state index < -0.39 is 5.91 Å². The average molecular weight is 465 g/mol. The molecule has 0 bridgehead atoms. The number of nitrogens with zero attached hydrogens (tertiary/aromatic N) is 2. The maximum absolute atomic E-state index is 12.4. The van der Waals surface area contributed by atoms with Gasteiger partial charge in [-0.05, 0) is 62.2 Å². The van der Waals surface area contributed by atoms with Crippen LogP contribution in [0.2, 0.25) is 0 Å². The predicted molar refractivity (Wildman–Crippen MR) is 133 cm³/mol. The van der Waals surface area contributed by atoms with Gasteiger partial charge in [-0.2, -0.15) is 0 Å². The molecule has 1 aliphatic rings. The Balaban J connectivity index is 1.73. The van der Waals surface area contributed by atoms with Crippen LogP contribution in [-0.4, -0.2) is 54.2 Å². The molecule has 5 N–H and O–H groups in total. The molecule has 8 nitrogen and oxygen atoms in total. The number of aromatic nitrogens is 1. The fourth-order valence-corrected chi connectivity index (χ4v) is 4.52. The third-order valence-electron chi connectivity index (χ3n) is 6.53. The molecule has 8 heteroatoms. The fourth-order valence-electron chi connectivity index (χ4n) is 4.52. The Hall–Kier alpha value is -3.36. The van der Waals surface area contributed by atoms with Gasteiger partial charge >= 0.3 is 0 Å². The number of pyridine rings is 1. The molecule has 4 rings (SSSR count). The Morgan fingerprint density at radius 3 is 2.59 bits per heavy atom. The van der Waals surface area contributed by atoms with E-state index >= 15 is 0 Å². The van der Waals surface area contributed by atoms with E-state index in [-0.39, 0.29) is 12.2 Å². The molecular formula is C26H32N4O4. The van der Waals surface area contributed by atoms with Gasteiger partial charge in [-0.15, -0.1) is 0 Å². The van der Waals surface area contributed by atoms with Crippen molar-refractivity contribution in [3.05, 3.63) is 47.0 Å². The number of piperidine rings is 1. The lowest BCUT2D eigenvalue weighted by Crippen LogP contribution is -2.33. The van der Waals surface area contributed by atoms with Crippen molar-refractivity contribution in [1.82, 2.24) is 9.88 Å². The quantitative estimate of drug-likeness (QED) is 0.437. The van der Waals surface area contributed by atoms with Gasteiger partial charge in [-0.3, -0.25) is 9.69 Å². The van der Waals surface area contributed by atoms with E-state index in [1.165, 1.54) is 19.3 Å². The molecule has 0 saturated carbocycles. The molecule has 180 valence electrons. The standard InChI is InChI=1S/C26H32N4O4/c1-16-20(15-31)18(6-7-21(16)27)25-19(26(28)32)12-17-13-24(23(33-2)14-22(17)29-25)34-11-10-30-8-4-3-5-9-30/h6-7,12-14,31H,3-5,8-11,15,27H2,1-2H3,(H2,28,32). The van der Waals surface area contributed by atoms with Gasteiger partial charge in [0.1, 0.15) is 6.61 Å². The number of carbonyl (C=O) groups is 1. The van der Waals surface area contributed by atoms with Crippen LogP contribution in [0.3, 0.4) is 0 Å². The molecule has 0 atom stereocenters. The number of amides is 1. The van der Waals surface area contributed by atoms with Crippen LogP contribution in [-0.2, 0) is 6.61 Å². The number of fused-ring (bicyclic) bond motifs is 1. The second-order valence-corrected chi connectivity index (χ2v) is 8.66. The van der Waals surface area contributed by atoms with E-state index in [1.807, 2.05) is 13.0 Å². The molecule has 3 aromatic rings. The van der Waals surface area contributed by atoms with Gasteiger partial charge in [0.25, 0.3) is 5.91 Å². The number of aliphatic hydroxyl groups excluding tert-OH is 1. The number of benzene rings is 2. The summed E-state index contributed by atoms with van der Waals surface area (Å²) in [4.78, 5) is 19.5. The first-order valence-corrected chi connectivity index (χ1v) is 11.6. The first-order valence-electron chi connectivity index (χ1n) is 11.6. The molecular weight excluding hydrogens is 432 g/mol. The number of anilines is 1. The zero-order chi connectivity index (χ0) is 24.2. The van der Waals surface area contributed by atoms with Crippen molar-refractivity contribution in [2.24, 2.45) is 5.73 Å². The number of nitrogen functional groups attached to an aromatic ring is 1. The molecule has 0 aliphatic carbocycles. The molecule has 0 unspecified atom stereocenters. The maximum atomic E-state index is 12.4. The van der Waals surface area contributed by atoms with Crippen molar-refractivity contribution in [3.8, 4) is 22.8 Å². The van der Waals surface area contributed by atoms with Gasteiger partial charge < -0.3 is 26.0 Å². The Kier molecular flexibility index (Phi) is 7.19. The number of carbonyl (C=O) groups excluding carboxylic acids is 1. The van der Waals surface area contributed by atoms with Crippen LogP contribution >= 0.6 is 0 Å². The molecule has 34 heavy (non-hydrogen) atoms. The van der Waals surface area contributed by atoms with E-state index in [0.29, 0.717) is 51.5 Å². The minimum absolute atomic E-state index is 0.239. The van der Waals surface area contributed by atoms with Crippen LogP contribution < -0.4 is 20.9 Å². The number of methoxy groups -OCH3 is 1. The summed E-state index contributed by atoms with van der Waals surface area (Å²) in [5, 5.41) is 10.7. The average Bonchev–Trinajstić information content (AvgIpc) is 2.85. The van der Waals surface area contributed by atoms with Gasteiger partial charge in [0.2, 0.25) is 0 Å². The molecule has 1 amide bonds. The number of nitrogens with two attached hydrogens (primary N) is 2. The van der Waals surface area contributed by atoms with Crippen LogP contribution in [0.25, 0.3) is 22.2 Å². The van der Waals surface area contributed by atoms with Crippen molar-refractivity contribution in [2.45, 2.75) is 32.8 Å². The van der Waals surface area contributed by atoms with Crippen LogP contribution in [0.15, 0.2) is 30.3 Å². The Morgan fingerprint density at radius 2 is 1.91 bits per heavy atom. The molecule has 1 saturated heterocycles. The second kappa shape index (κ2) is 10.3. The SMILES string of the molecule is COc1cc2nc(-c3ccc(N)c(C)c3CO)c(C(N)=O)cc2cc1OCCN1CCCCC1. The number of rotatable bonds is 8. The summed E-state index contributed by atoms with van der Waals surface area (Å²) in [7, 11) is 1.59. The minimum Gasteiger partial charge on any atom is -0.493 e. The van der Waals surface area contributed by atoms with Crippen LogP contribution in [0.1, 0.15) is 40.7 Å². The third kappa shape index (κ3) is 4.78. The topological polar surface area (TPSA) is 124 Å². The van der Waals surface area contributed by atoms with Crippen molar-refractivity contribution < 1.29 is 19.4 Å². The molecule has 2 aromatic carbocycles. The lowest BCUT2D eigenvalue weighted by atomic mass is 9.94. The predicted octanol–water partition coefficient (Wildman–Crippen LogP) is 3.26. The summed E-state index contributed by atoms with van der Waals surface area (Å²) < 4.78 is 11.6. The van der Waals surface area contributed by atoms with Crippen molar-refractivity contribution >= 4 is 22.5 Å². The Bertz CT molecular complexity index is 1210. The van der Waals surface area contributed by atoms with E-state index in [0.717, 1.165) is 25.2 Å². The summed E-state index contributed by atoms with van der Waals surface area (Å²) in [5.41, 5.74) is 15.6. The normalized spacial score (nSPS) is 14.3. The number of hydrogen-bond acceptors (Lipinski definition) is 7. The van der Waals surface area contributed by atoms with Gasteiger partial charge in [-0.1, -0.05) is 12.5 Å². The molecule has 1 aliphatic heterocycles. The number of ether oxygens (including phenoxy) is 2. The van der Waals surface area contributed by atoms with Gasteiger partial charge in [-0.25, -0.2) is 4.98 Å². The highest BCUT2D eigenvalue weighted by molar-refractivity contribution is 6.03. The van der Waals surface area contributed by atoms with Crippen LogP contribution in [0.4, 0.5) is 5.69 Å². The number of likely N-dealkylation sites (tertiary alicyclic amines) is 1. The summed E-state index contributed by atoms with van der Waals surface area (Å²) in [6, 6.07) is 8.82. The van der Waals surface area contributed by atoms with E-state index in [2.05, 4.69) is 4.90 Å². The summed E-state index contributed by atoms with van der Waals surface area (Å²) >= 11 is 0. The first kappa shape index (κ1) is 23.8.